The zero-order chi connectivity index (χ0) is 16.7. The molecule has 1 unspecified atom stereocenters. The van der Waals surface area contributed by atoms with Crippen LogP contribution in [0.5, 0.6) is 0 Å². The number of imidazole rings is 1. The quantitative estimate of drug-likeness (QED) is 0.863. The third-order valence-corrected chi connectivity index (χ3v) is 5.76. The van der Waals surface area contributed by atoms with Crippen LogP contribution in [0.3, 0.4) is 0 Å². The Morgan fingerprint density at radius 2 is 2.00 bits per heavy atom. The molecule has 1 aromatic heterocycles. The fourth-order valence-corrected chi connectivity index (χ4v) is 4.27. The molecule has 2 amide bonds. The van der Waals surface area contributed by atoms with Crippen molar-refractivity contribution in [3.8, 4) is 0 Å². The van der Waals surface area contributed by atoms with Crippen LogP contribution in [0.15, 0.2) is 12.5 Å². The van der Waals surface area contributed by atoms with Gasteiger partial charge in [-0.2, -0.15) is 0 Å². The zero-order valence-electron chi connectivity index (χ0n) is 14.1. The van der Waals surface area contributed by atoms with Gasteiger partial charge in [0.1, 0.15) is 0 Å². The van der Waals surface area contributed by atoms with Gasteiger partial charge in [-0.3, -0.25) is 9.59 Å². The predicted molar refractivity (Wildman–Crippen MR) is 88.2 cm³/mol. The summed E-state index contributed by atoms with van der Waals surface area (Å²) in [5.74, 6) is 0.635. The largest absolute Gasteiger partial charge is 0.348 e. The lowest BCUT2D eigenvalue weighted by molar-refractivity contribution is -0.136. The van der Waals surface area contributed by atoms with E-state index in [0.717, 1.165) is 39.0 Å². The third kappa shape index (κ3) is 2.81. The number of nitrogens with zero attached hydrogens (tertiary/aromatic N) is 4. The second-order valence-corrected chi connectivity index (χ2v) is 7.43. The van der Waals surface area contributed by atoms with Gasteiger partial charge >= 0.3 is 0 Å². The molecule has 7 heteroatoms. The first-order valence-corrected chi connectivity index (χ1v) is 8.87. The van der Waals surface area contributed by atoms with Crippen LogP contribution >= 0.6 is 0 Å². The van der Waals surface area contributed by atoms with Crippen LogP contribution in [0.25, 0.3) is 0 Å². The van der Waals surface area contributed by atoms with Gasteiger partial charge in [0.25, 0.3) is 0 Å². The zero-order valence-corrected chi connectivity index (χ0v) is 14.1. The summed E-state index contributed by atoms with van der Waals surface area (Å²) in [5, 5.41) is 0. The lowest BCUT2D eigenvalue weighted by Crippen LogP contribution is -2.58. The molecule has 0 aromatic carbocycles. The van der Waals surface area contributed by atoms with Crippen molar-refractivity contribution in [2.45, 2.75) is 31.2 Å². The minimum absolute atomic E-state index is 0.146. The molecule has 0 saturated carbocycles. The number of aromatic amines is 1. The number of aromatic nitrogens is 2. The van der Waals surface area contributed by atoms with Crippen LogP contribution in [0.1, 0.15) is 30.9 Å². The number of nitrogens with one attached hydrogen (secondary N) is 1. The monoisotopic (exact) mass is 331 g/mol. The summed E-state index contributed by atoms with van der Waals surface area (Å²) in [6, 6.07) is 0.311. The Kier molecular flexibility index (Phi) is 4.04. The van der Waals surface area contributed by atoms with Gasteiger partial charge in [0.05, 0.1) is 18.3 Å². The summed E-state index contributed by atoms with van der Waals surface area (Å²) >= 11 is 0. The van der Waals surface area contributed by atoms with E-state index in [-0.39, 0.29) is 17.7 Å². The molecule has 3 aliphatic heterocycles. The molecular weight excluding hydrogens is 306 g/mol. The standard InChI is InChI=1S/C17H25N5O2/c1-20-9-14(10-20)22-8-13(6-16(22)23)17(24)21-4-2-12(3-5-21)15-7-18-11-19-15/h7,11-14H,2-6,8-10H2,1H3,(H,18,19). The highest BCUT2D eigenvalue weighted by atomic mass is 16.2. The molecule has 24 heavy (non-hydrogen) atoms. The van der Waals surface area contributed by atoms with E-state index in [0.29, 0.717) is 24.9 Å². The van der Waals surface area contributed by atoms with Crippen molar-refractivity contribution < 1.29 is 9.59 Å². The van der Waals surface area contributed by atoms with Crippen molar-refractivity contribution in [2.75, 3.05) is 39.8 Å². The van der Waals surface area contributed by atoms with Crippen molar-refractivity contribution >= 4 is 11.8 Å². The van der Waals surface area contributed by atoms with Gasteiger partial charge in [-0.15, -0.1) is 0 Å². The van der Waals surface area contributed by atoms with Crippen molar-refractivity contribution in [2.24, 2.45) is 5.92 Å². The predicted octanol–water partition coefficient (Wildman–Crippen LogP) is 0.278. The van der Waals surface area contributed by atoms with E-state index in [1.54, 1.807) is 6.33 Å². The van der Waals surface area contributed by atoms with Gasteiger partial charge in [0.15, 0.2) is 0 Å². The van der Waals surface area contributed by atoms with E-state index in [1.807, 2.05) is 16.0 Å². The van der Waals surface area contributed by atoms with Crippen LogP contribution in [0.4, 0.5) is 0 Å². The van der Waals surface area contributed by atoms with Crippen molar-refractivity contribution in [3.05, 3.63) is 18.2 Å². The molecule has 3 saturated heterocycles. The van der Waals surface area contributed by atoms with Crippen LogP contribution in [-0.2, 0) is 9.59 Å². The topological polar surface area (TPSA) is 72.5 Å². The van der Waals surface area contributed by atoms with E-state index < -0.39 is 0 Å². The normalized spacial score (nSPS) is 26.9. The molecule has 4 heterocycles. The number of hydrogen-bond acceptors (Lipinski definition) is 4. The summed E-state index contributed by atoms with van der Waals surface area (Å²) in [4.78, 5) is 38.4. The molecule has 3 aliphatic rings. The lowest BCUT2D eigenvalue weighted by atomic mass is 9.93. The number of likely N-dealkylation sites (tertiary alicyclic amines) is 3. The Morgan fingerprint density at radius 1 is 1.25 bits per heavy atom. The summed E-state index contributed by atoms with van der Waals surface area (Å²) < 4.78 is 0. The van der Waals surface area contributed by atoms with Gasteiger partial charge in [-0.1, -0.05) is 0 Å². The summed E-state index contributed by atoms with van der Waals surface area (Å²) in [6.07, 6.45) is 5.91. The number of carbonyl (C=O) groups is 2. The maximum Gasteiger partial charge on any atom is 0.227 e. The molecule has 3 fully saturated rings. The van der Waals surface area contributed by atoms with Crippen LogP contribution < -0.4 is 0 Å². The molecule has 0 radical (unpaired) electrons. The van der Waals surface area contributed by atoms with Gasteiger partial charge in [-0.25, -0.2) is 4.98 Å². The number of hydrogen-bond donors (Lipinski definition) is 1. The number of carbonyl (C=O) groups excluding carboxylic acids is 2. The minimum Gasteiger partial charge on any atom is -0.348 e. The fraction of sp³-hybridized carbons (Fsp3) is 0.706. The highest BCUT2D eigenvalue weighted by molar-refractivity contribution is 5.89. The Balaban J connectivity index is 1.31. The average Bonchev–Trinajstić information content (AvgIpc) is 3.21. The van der Waals surface area contributed by atoms with Gasteiger partial charge in [-0.05, 0) is 19.9 Å². The minimum atomic E-state index is -0.146. The van der Waals surface area contributed by atoms with Crippen molar-refractivity contribution in [1.82, 2.24) is 24.7 Å². The van der Waals surface area contributed by atoms with Gasteiger partial charge in [0, 0.05) is 57.0 Å². The van der Waals surface area contributed by atoms with Crippen LogP contribution in [0.2, 0.25) is 0 Å². The number of H-pyrrole nitrogens is 1. The molecule has 130 valence electrons. The number of rotatable bonds is 3. The van der Waals surface area contributed by atoms with E-state index in [1.165, 1.54) is 5.69 Å². The van der Waals surface area contributed by atoms with E-state index >= 15 is 0 Å². The van der Waals surface area contributed by atoms with Crippen molar-refractivity contribution in [3.63, 3.8) is 0 Å². The Bertz CT molecular complexity index is 603. The second-order valence-electron chi connectivity index (χ2n) is 7.43. The molecule has 4 rings (SSSR count). The van der Waals surface area contributed by atoms with E-state index in [9.17, 15) is 9.59 Å². The molecule has 7 nitrogen and oxygen atoms in total. The number of piperidine rings is 1. The molecule has 0 bridgehead atoms. The van der Waals surface area contributed by atoms with Gasteiger partial charge in [0.2, 0.25) is 11.8 Å². The Morgan fingerprint density at radius 3 is 2.62 bits per heavy atom. The highest BCUT2D eigenvalue weighted by Crippen LogP contribution is 2.30. The Labute approximate surface area is 142 Å². The molecule has 0 spiro atoms. The first-order valence-electron chi connectivity index (χ1n) is 8.87. The van der Waals surface area contributed by atoms with Gasteiger partial charge < -0.3 is 19.7 Å². The van der Waals surface area contributed by atoms with Crippen LogP contribution in [0, 0.1) is 5.92 Å². The number of likely N-dealkylation sites (N-methyl/N-ethyl adjacent to an activating group) is 1. The summed E-state index contributed by atoms with van der Waals surface area (Å²) in [5.41, 5.74) is 1.17. The first-order chi connectivity index (χ1) is 11.6. The van der Waals surface area contributed by atoms with E-state index in [2.05, 4.69) is 21.9 Å². The number of amides is 2. The highest BCUT2D eigenvalue weighted by Gasteiger charge is 2.42. The lowest BCUT2D eigenvalue weighted by Gasteiger charge is -2.42. The molecule has 1 aromatic rings. The maximum absolute atomic E-state index is 12.8. The maximum atomic E-state index is 12.8. The third-order valence-electron chi connectivity index (χ3n) is 5.76. The van der Waals surface area contributed by atoms with E-state index in [4.69, 9.17) is 0 Å². The SMILES string of the molecule is CN1CC(N2CC(C(=O)N3CCC(c4cnc[nH]4)CC3)CC2=O)C1. The summed E-state index contributed by atoms with van der Waals surface area (Å²) in [6.45, 7) is 4.03. The first kappa shape index (κ1) is 15.6. The average molecular weight is 331 g/mol. The Hall–Kier alpha value is -1.89. The second kappa shape index (κ2) is 6.20. The molecule has 1 atom stereocenters. The molecule has 1 N–H and O–H groups in total. The summed E-state index contributed by atoms with van der Waals surface area (Å²) in [7, 11) is 2.06. The van der Waals surface area contributed by atoms with Crippen LogP contribution in [-0.4, -0.2) is 82.3 Å². The molecule has 0 aliphatic carbocycles. The fourth-order valence-electron chi connectivity index (χ4n) is 4.27. The molecular formula is C17H25N5O2. The smallest absolute Gasteiger partial charge is 0.227 e. The van der Waals surface area contributed by atoms with Crippen molar-refractivity contribution in [1.29, 1.82) is 0 Å².